The number of carboxylic acids is 1. The normalized spacial score (nSPS) is 19.0. The molecule has 3 atom stereocenters. The van der Waals surface area contributed by atoms with Crippen molar-refractivity contribution in [3.8, 4) is 22.8 Å². The van der Waals surface area contributed by atoms with Crippen molar-refractivity contribution in [3.05, 3.63) is 64.8 Å². The van der Waals surface area contributed by atoms with Crippen LogP contribution >= 0.6 is 0 Å². The van der Waals surface area contributed by atoms with Crippen molar-refractivity contribution in [3.63, 3.8) is 0 Å². The van der Waals surface area contributed by atoms with E-state index in [4.69, 9.17) is 23.9 Å². The Morgan fingerprint density at radius 2 is 2.00 bits per heavy atom. The summed E-state index contributed by atoms with van der Waals surface area (Å²) >= 11 is 0. The van der Waals surface area contributed by atoms with E-state index in [0.717, 1.165) is 72.8 Å². The second-order valence-electron chi connectivity index (χ2n) is 12.2. The van der Waals surface area contributed by atoms with Gasteiger partial charge in [0.05, 0.1) is 24.8 Å². The number of methoxy groups -OCH3 is 2. The summed E-state index contributed by atoms with van der Waals surface area (Å²) < 4.78 is 23.6. The molecule has 1 N–H and O–H groups in total. The zero-order chi connectivity index (χ0) is 32.6. The van der Waals surface area contributed by atoms with Crippen LogP contribution < -0.4 is 14.4 Å². The zero-order valence-corrected chi connectivity index (χ0v) is 27.8. The van der Waals surface area contributed by atoms with E-state index in [1.165, 1.54) is 11.1 Å². The van der Waals surface area contributed by atoms with Crippen LogP contribution in [0.15, 0.2) is 42.6 Å². The molecule has 0 spiro atoms. The summed E-state index contributed by atoms with van der Waals surface area (Å²) in [6, 6.07) is 12.8. The maximum atomic E-state index is 11.8. The lowest BCUT2D eigenvalue weighted by Crippen LogP contribution is -2.48. The van der Waals surface area contributed by atoms with Crippen LogP contribution in [0.1, 0.15) is 55.4 Å². The van der Waals surface area contributed by atoms with E-state index in [0.29, 0.717) is 44.7 Å². The van der Waals surface area contributed by atoms with Gasteiger partial charge in [-0.3, -0.25) is 9.69 Å². The number of nitrogens with zero attached hydrogens (tertiary/aromatic N) is 4. The Morgan fingerprint density at radius 1 is 1.15 bits per heavy atom. The third-order valence-electron chi connectivity index (χ3n) is 9.31. The Labute approximate surface area is 272 Å². The number of aliphatic carboxylic acids is 1. The Balaban J connectivity index is 1.34. The number of benzene rings is 2. The second-order valence-corrected chi connectivity index (χ2v) is 12.2. The highest BCUT2D eigenvalue weighted by Gasteiger charge is 2.35. The van der Waals surface area contributed by atoms with Gasteiger partial charge in [0.1, 0.15) is 18.1 Å². The molecular weight excluding hydrogens is 584 g/mol. The van der Waals surface area contributed by atoms with Gasteiger partial charge in [-0.05, 0) is 74.4 Å². The highest BCUT2D eigenvalue weighted by molar-refractivity contribution is 5.72. The summed E-state index contributed by atoms with van der Waals surface area (Å²) in [5.41, 5.74) is 6.29. The lowest BCUT2D eigenvalue weighted by Gasteiger charge is -2.36. The first-order chi connectivity index (χ1) is 22.4. The summed E-state index contributed by atoms with van der Waals surface area (Å²) in [6.45, 7) is 10.7. The van der Waals surface area contributed by atoms with Crippen LogP contribution in [0.2, 0.25) is 0 Å². The van der Waals surface area contributed by atoms with E-state index in [2.05, 4.69) is 28.9 Å². The molecule has 2 aliphatic rings. The molecule has 2 aromatic carbocycles. The number of piperidine rings is 1. The highest BCUT2D eigenvalue weighted by atomic mass is 16.5. The number of carbonyl (C=O) groups is 1. The number of ether oxygens (including phenoxy) is 4. The van der Waals surface area contributed by atoms with Crippen LogP contribution in [0, 0.1) is 12.8 Å². The first-order valence-electron chi connectivity index (χ1n) is 16.4. The van der Waals surface area contributed by atoms with Gasteiger partial charge >= 0.3 is 5.97 Å². The number of aryl methyl sites for hydroxylation is 1. The Hall–Kier alpha value is -3.73. The predicted octanol–water partition coefficient (Wildman–Crippen LogP) is 5.53. The van der Waals surface area contributed by atoms with Crippen LogP contribution in [-0.2, 0) is 33.8 Å². The number of hydrogen-bond donors (Lipinski definition) is 1. The Morgan fingerprint density at radius 3 is 2.74 bits per heavy atom. The first kappa shape index (κ1) is 33.6. The van der Waals surface area contributed by atoms with Gasteiger partial charge < -0.3 is 29.0 Å². The second kappa shape index (κ2) is 15.7. The van der Waals surface area contributed by atoms with Crippen LogP contribution in [-0.4, -0.2) is 85.2 Å². The third kappa shape index (κ3) is 7.62. The number of fused-ring (bicyclic) bond motifs is 1. The van der Waals surface area contributed by atoms with Gasteiger partial charge in [-0.15, -0.1) is 0 Å². The molecule has 3 aromatic rings. The van der Waals surface area contributed by atoms with Gasteiger partial charge in [0.15, 0.2) is 0 Å². The fraction of sp³-hybridized carbons (Fsp3) is 0.528. The van der Waals surface area contributed by atoms with E-state index in [-0.39, 0.29) is 0 Å². The fourth-order valence-corrected chi connectivity index (χ4v) is 6.81. The average Bonchev–Trinajstić information content (AvgIpc) is 3.07. The summed E-state index contributed by atoms with van der Waals surface area (Å²) in [5, 5.41) is 9.67. The van der Waals surface area contributed by atoms with E-state index in [1.807, 2.05) is 43.0 Å². The van der Waals surface area contributed by atoms with Crippen molar-refractivity contribution in [2.45, 2.75) is 71.8 Å². The van der Waals surface area contributed by atoms with E-state index >= 15 is 0 Å². The van der Waals surface area contributed by atoms with Gasteiger partial charge in [0.25, 0.3) is 0 Å². The number of para-hydroxylation sites is 1. The molecule has 1 unspecified atom stereocenters. The zero-order valence-electron chi connectivity index (χ0n) is 27.8. The number of aromatic nitrogens is 2. The fourth-order valence-electron chi connectivity index (χ4n) is 6.81. The maximum Gasteiger partial charge on any atom is 0.309 e. The Kier molecular flexibility index (Phi) is 11.5. The third-order valence-corrected chi connectivity index (χ3v) is 9.31. The largest absolute Gasteiger partial charge is 0.496 e. The van der Waals surface area contributed by atoms with Crippen molar-refractivity contribution in [1.29, 1.82) is 0 Å². The molecule has 1 aromatic heterocycles. The lowest BCUT2D eigenvalue weighted by atomic mass is 9.94. The highest BCUT2D eigenvalue weighted by Crippen LogP contribution is 2.36. The van der Waals surface area contributed by atoms with E-state index in [1.54, 1.807) is 20.4 Å². The SMILES string of the molecule is CCO[C@H]1CN(c2nccc(-c3cccc(C)c3OCc3cc4c(c(OC)c3)CN(C(CC)CCOC)CC4)n2)CC[C@H]1C(=O)O. The van der Waals surface area contributed by atoms with Gasteiger partial charge in [0.2, 0.25) is 5.95 Å². The smallest absolute Gasteiger partial charge is 0.309 e. The quantitative estimate of drug-likeness (QED) is 0.244. The number of carboxylic acid groups (broad SMARTS) is 1. The monoisotopic (exact) mass is 632 g/mol. The molecule has 5 rings (SSSR count). The molecule has 0 amide bonds. The van der Waals surface area contributed by atoms with Crippen molar-refractivity contribution in [2.75, 3.05) is 52.0 Å². The minimum absolute atomic E-state index is 0.396. The average molecular weight is 633 g/mol. The summed E-state index contributed by atoms with van der Waals surface area (Å²) in [4.78, 5) is 25.8. The molecule has 10 nitrogen and oxygen atoms in total. The number of hydrogen-bond acceptors (Lipinski definition) is 9. The minimum Gasteiger partial charge on any atom is -0.496 e. The summed E-state index contributed by atoms with van der Waals surface area (Å²) in [5.74, 6) is 0.877. The molecule has 46 heavy (non-hydrogen) atoms. The number of anilines is 1. The van der Waals surface area contributed by atoms with Crippen molar-refractivity contribution < 1.29 is 28.8 Å². The van der Waals surface area contributed by atoms with E-state index in [9.17, 15) is 9.90 Å². The Bertz CT molecular complexity index is 1470. The van der Waals surface area contributed by atoms with Crippen LogP contribution in [0.4, 0.5) is 5.95 Å². The van der Waals surface area contributed by atoms with Gasteiger partial charge in [-0.2, -0.15) is 0 Å². The van der Waals surface area contributed by atoms with Crippen LogP contribution in [0.3, 0.4) is 0 Å². The lowest BCUT2D eigenvalue weighted by molar-refractivity contribution is -0.148. The van der Waals surface area contributed by atoms with Gasteiger partial charge in [-0.25, -0.2) is 9.97 Å². The molecule has 2 aliphatic heterocycles. The van der Waals surface area contributed by atoms with Crippen molar-refractivity contribution in [1.82, 2.24) is 14.9 Å². The van der Waals surface area contributed by atoms with E-state index < -0.39 is 18.0 Å². The predicted molar refractivity (Wildman–Crippen MR) is 178 cm³/mol. The summed E-state index contributed by atoms with van der Waals surface area (Å²) in [6.07, 6.45) is 4.90. The van der Waals surface area contributed by atoms with Gasteiger partial charge in [0, 0.05) is 69.9 Å². The van der Waals surface area contributed by atoms with Crippen LogP contribution in [0.5, 0.6) is 11.5 Å². The van der Waals surface area contributed by atoms with Crippen LogP contribution in [0.25, 0.3) is 11.3 Å². The molecule has 1 fully saturated rings. The number of rotatable bonds is 14. The molecule has 0 saturated carbocycles. The summed E-state index contributed by atoms with van der Waals surface area (Å²) in [7, 11) is 3.51. The maximum absolute atomic E-state index is 11.8. The molecule has 0 radical (unpaired) electrons. The van der Waals surface area contributed by atoms with Crippen molar-refractivity contribution >= 4 is 11.9 Å². The molecular formula is C36H48N4O6. The van der Waals surface area contributed by atoms with Crippen molar-refractivity contribution in [2.24, 2.45) is 5.92 Å². The minimum atomic E-state index is -0.823. The first-order valence-corrected chi connectivity index (χ1v) is 16.4. The molecule has 0 bridgehead atoms. The molecule has 1 saturated heterocycles. The molecule has 248 valence electrons. The standard InChI is InChI=1S/C36H48N4O6/c1-6-27(14-18-43-4)39-16-12-26-19-25(20-32(44-5)30(26)21-39)23-46-34-24(3)9-8-10-28(34)31-11-15-37-36(38-31)40-17-13-29(35(41)42)33(22-40)45-7-2/h8-11,15,19-20,27,29,33H,6-7,12-14,16-18,21-23H2,1-5H3,(H,41,42)/t27?,29-,33+/m1/s1. The topological polar surface area (TPSA) is 106 Å². The molecule has 3 heterocycles. The molecule has 0 aliphatic carbocycles. The van der Waals surface area contributed by atoms with Gasteiger partial charge in [-0.1, -0.05) is 25.1 Å². The molecule has 10 heteroatoms.